The van der Waals surface area contributed by atoms with Gasteiger partial charge in [-0.3, -0.25) is 4.79 Å². The molecule has 0 aromatic heterocycles. The first-order valence-corrected chi connectivity index (χ1v) is 6.07. The van der Waals surface area contributed by atoms with Crippen LogP contribution < -0.4 is 10.6 Å². The zero-order chi connectivity index (χ0) is 14.3. The number of likely N-dealkylation sites (N-methyl/N-ethyl adjacent to an activating group) is 1. The average molecular weight is 274 g/mol. The van der Waals surface area contributed by atoms with E-state index in [0.29, 0.717) is 13.1 Å². The van der Waals surface area contributed by atoms with E-state index in [1.807, 2.05) is 6.92 Å². The number of carbonyl (C=O) groups excluding carboxylic acids is 1. The Morgan fingerprint density at radius 3 is 2.53 bits per heavy atom. The Morgan fingerprint density at radius 2 is 1.89 bits per heavy atom. The number of carbonyl (C=O) groups is 1. The molecule has 0 fully saturated rings. The van der Waals surface area contributed by atoms with Gasteiger partial charge < -0.3 is 10.6 Å². The third kappa shape index (κ3) is 5.30. The summed E-state index contributed by atoms with van der Waals surface area (Å²) in [5, 5.41) is 5.58. The molecule has 1 aromatic rings. The number of alkyl halides is 3. The Labute approximate surface area is 110 Å². The first kappa shape index (κ1) is 15.5. The molecule has 1 aromatic carbocycles. The summed E-state index contributed by atoms with van der Waals surface area (Å²) in [6.45, 7) is 3.72. The molecule has 2 N–H and O–H groups in total. The van der Waals surface area contributed by atoms with E-state index in [1.54, 1.807) is 0 Å². The maximum absolute atomic E-state index is 12.7. The Morgan fingerprint density at radius 1 is 1.21 bits per heavy atom. The first-order valence-electron chi connectivity index (χ1n) is 6.07. The molecule has 1 amide bonds. The van der Waals surface area contributed by atoms with Gasteiger partial charge in [-0.15, -0.1) is 0 Å². The summed E-state index contributed by atoms with van der Waals surface area (Å²) in [6, 6.07) is 5.12. The first-order chi connectivity index (χ1) is 8.95. The van der Waals surface area contributed by atoms with Crippen LogP contribution in [0.3, 0.4) is 0 Å². The van der Waals surface area contributed by atoms with E-state index in [4.69, 9.17) is 0 Å². The summed E-state index contributed by atoms with van der Waals surface area (Å²) < 4.78 is 38.1. The molecular weight excluding hydrogens is 257 g/mol. The van der Waals surface area contributed by atoms with Crippen molar-refractivity contribution in [2.45, 2.75) is 19.5 Å². The SMILES string of the molecule is CCNCCNC(=O)Cc1ccccc1C(F)(F)F. The minimum Gasteiger partial charge on any atom is -0.355 e. The van der Waals surface area contributed by atoms with E-state index < -0.39 is 17.6 Å². The van der Waals surface area contributed by atoms with Crippen LogP contribution in [0.15, 0.2) is 24.3 Å². The summed E-state index contributed by atoms with van der Waals surface area (Å²) in [7, 11) is 0. The topological polar surface area (TPSA) is 41.1 Å². The second-order valence-electron chi connectivity index (χ2n) is 4.04. The molecule has 0 saturated carbocycles. The van der Waals surface area contributed by atoms with Crippen LogP contribution in [0.4, 0.5) is 13.2 Å². The van der Waals surface area contributed by atoms with E-state index in [1.165, 1.54) is 18.2 Å². The Balaban J connectivity index is 2.59. The normalized spacial score (nSPS) is 11.4. The van der Waals surface area contributed by atoms with Crippen molar-refractivity contribution >= 4 is 5.91 Å². The van der Waals surface area contributed by atoms with Gasteiger partial charge >= 0.3 is 6.18 Å². The van der Waals surface area contributed by atoms with Crippen molar-refractivity contribution < 1.29 is 18.0 Å². The van der Waals surface area contributed by atoms with Crippen molar-refractivity contribution in [3.8, 4) is 0 Å². The molecule has 106 valence electrons. The van der Waals surface area contributed by atoms with E-state index in [9.17, 15) is 18.0 Å². The van der Waals surface area contributed by atoms with E-state index >= 15 is 0 Å². The molecule has 6 heteroatoms. The van der Waals surface area contributed by atoms with Crippen LogP contribution in [-0.2, 0) is 17.4 Å². The fourth-order valence-electron chi connectivity index (χ4n) is 1.65. The minimum absolute atomic E-state index is 0.00375. The molecule has 0 unspecified atom stereocenters. The summed E-state index contributed by atoms with van der Waals surface area (Å²) >= 11 is 0. The lowest BCUT2D eigenvalue weighted by Gasteiger charge is -2.12. The average Bonchev–Trinajstić information content (AvgIpc) is 2.34. The minimum atomic E-state index is -4.43. The van der Waals surface area contributed by atoms with E-state index in [2.05, 4.69) is 10.6 Å². The number of hydrogen-bond donors (Lipinski definition) is 2. The summed E-state index contributed by atoms with van der Waals surface area (Å²) in [6.07, 6.45) is -4.69. The highest BCUT2D eigenvalue weighted by atomic mass is 19.4. The lowest BCUT2D eigenvalue weighted by molar-refractivity contribution is -0.138. The number of nitrogens with one attached hydrogen (secondary N) is 2. The fourth-order valence-corrected chi connectivity index (χ4v) is 1.65. The highest BCUT2D eigenvalue weighted by Gasteiger charge is 2.33. The van der Waals surface area contributed by atoms with Gasteiger partial charge in [0, 0.05) is 13.1 Å². The quantitative estimate of drug-likeness (QED) is 0.779. The van der Waals surface area contributed by atoms with Gasteiger partial charge in [0.15, 0.2) is 0 Å². The van der Waals surface area contributed by atoms with E-state index in [-0.39, 0.29) is 12.0 Å². The molecule has 0 heterocycles. The van der Waals surface area contributed by atoms with Crippen LogP contribution in [0.25, 0.3) is 0 Å². The number of amides is 1. The molecule has 0 saturated heterocycles. The summed E-state index contributed by atoms with van der Waals surface area (Å²) in [5.74, 6) is -0.408. The Bertz CT molecular complexity index is 419. The molecule has 0 aliphatic heterocycles. The van der Waals surface area contributed by atoms with Gasteiger partial charge in [0.05, 0.1) is 12.0 Å². The lowest BCUT2D eigenvalue weighted by atomic mass is 10.0. The lowest BCUT2D eigenvalue weighted by Crippen LogP contribution is -2.33. The Kier molecular flexibility index (Phi) is 5.82. The largest absolute Gasteiger partial charge is 0.416 e. The van der Waals surface area contributed by atoms with Gasteiger partial charge in [-0.2, -0.15) is 13.2 Å². The molecule has 0 radical (unpaired) electrons. The molecular formula is C13H17F3N2O. The summed E-state index contributed by atoms with van der Waals surface area (Å²) in [4.78, 5) is 11.5. The monoisotopic (exact) mass is 274 g/mol. The van der Waals surface area contributed by atoms with Crippen LogP contribution in [0, 0.1) is 0 Å². The molecule has 0 spiro atoms. The zero-order valence-corrected chi connectivity index (χ0v) is 10.7. The second-order valence-corrected chi connectivity index (χ2v) is 4.04. The third-order valence-electron chi connectivity index (χ3n) is 2.55. The van der Waals surface area contributed by atoms with Crippen LogP contribution in [0.2, 0.25) is 0 Å². The van der Waals surface area contributed by atoms with Gasteiger partial charge in [0.2, 0.25) is 5.91 Å². The maximum Gasteiger partial charge on any atom is 0.416 e. The summed E-state index contributed by atoms with van der Waals surface area (Å²) in [5.41, 5.74) is -0.757. The molecule has 0 aliphatic carbocycles. The van der Waals surface area contributed by atoms with Crippen molar-refractivity contribution in [1.29, 1.82) is 0 Å². The maximum atomic E-state index is 12.7. The molecule has 19 heavy (non-hydrogen) atoms. The molecule has 0 bridgehead atoms. The fraction of sp³-hybridized carbons (Fsp3) is 0.462. The molecule has 0 aliphatic rings. The van der Waals surface area contributed by atoms with Crippen molar-refractivity contribution in [2.24, 2.45) is 0 Å². The number of hydrogen-bond acceptors (Lipinski definition) is 2. The standard InChI is InChI=1S/C13H17F3N2O/c1-2-17-7-8-18-12(19)9-10-5-3-4-6-11(10)13(14,15)16/h3-6,17H,2,7-9H2,1H3,(H,18,19). The van der Waals surface area contributed by atoms with Crippen molar-refractivity contribution in [3.63, 3.8) is 0 Å². The number of halogens is 3. The van der Waals surface area contributed by atoms with Gasteiger partial charge in [-0.05, 0) is 18.2 Å². The van der Waals surface area contributed by atoms with Crippen LogP contribution in [0.5, 0.6) is 0 Å². The zero-order valence-electron chi connectivity index (χ0n) is 10.7. The predicted molar refractivity (Wildman–Crippen MR) is 66.7 cm³/mol. The third-order valence-corrected chi connectivity index (χ3v) is 2.55. The van der Waals surface area contributed by atoms with Crippen molar-refractivity contribution in [2.75, 3.05) is 19.6 Å². The van der Waals surface area contributed by atoms with Crippen molar-refractivity contribution in [1.82, 2.24) is 10.6 Å². The van der Waals surface area contributed by atoms with Crippen LogP contribution in [0.1, 0.15) is 18.1 Å². The highest BCUT2D eigenvalue weighted by molar-refractivity contribution is 5.79. The highest BCUT2D eigenvalue weighted by Crippen LogP contribution is 2.31. The van der Waals surface area contributed by atoms with Crippen molar-refractivity contribution in [3.05, 3.63) is 35.4 Å². The predicted octanol–water partition coefficient (Wildman–Crippen LogP) is 1.97. The smallest absolute Gasteiger partial charge is 0.355 e. The second kappa shape index (κ2) is 7.13. The van der Waals surface area contributed by atoms with Gasteiger partial charge in [0.1, 0.15) is 0 Å². The molecule has 3 nitrogen and oxygen atoms in total. The van der Waals surface area contributed by atoms with Crippen LogP contribution >= 0.6 is 0 Å². The number of rotatable bonds is 6. The van der Waals surface area contributed by atoms with Gasteiger partial charge in [-0.1, -0.05) is 25.1 Å². The number of benzene rings is 1. The van der Waals surface area contributed by atoms with Gasteiger partial charge in [-0.25, -0.2) is 0 Å². The van der Waals surface area contributed by atoms with Gasteiger partial charge in [0.25, 0.3) is 0 Å². The van der Waals surface area contributed by atoms with E-state index in [0.717, 1.165) is 12.6 Å². The molecule has 1 rings (SSSR count). The Hall–Kier alpha value is -1.56. The van der Waals surface area contributed by atoms with Crippen LogP contribution in [-0.4, -0.2) is 25.5 Å². The molecule has 0 atom stereocenters.